The molecule has 100 valence electrons. The molecular formula is C12H18N2O4. The monoisotopic (exact) mass is 254 g/mol. The number of hydrogen-bond acceptors (Lipinski definition) is 5. The van der Waals surface area contributed by atoms with Crippen molar-refractivity contribution in [1.82, 2.24) is 5.32 Å². The van der Waals surface area contributed by atoms with E-state index in [0.29, 0.717) is 25.1 Å². The number of nitro benzene ring substituents is 1. The van der Waals surface area contributed by atoms with Gasteiger partial charge in [0.1, 0.15) is 0 Å². The Morgan fingerprint density at radius 2 is 2.22 bits per heavy atom. The molecule has 0 bridgehead atoms. The van der Waals surface area contributed by atoms with Crippen LogP contribution in [0, 0.1) is 10.1 Å². The fourth-order valence-corrected chi connectivity index (χ4v) is 1.64. The van der Waals surface area contributed by atoms with Crippen molar-refractivity contribution in [2.24, 2.45) is 0 Å². The van der Waals surface area contributed by atoms with Gasteiger partial charge in [-0.05, 0) is 13.0 Å². The number of methoxy groups -OCH3 is 1. The Hall–Kier alpha value is -1.50. The van der Waals surface area contributed by atoms with Gasteiger partial charge in [-0.15, -0.1) is 0 Å². The van der Waals surface area contributed by atoms with Crippen LogP contribution in [-0.2, 0) is 11.2 Å². The molecule has 0 saturated heterocycles. The third-order valence-corrected chi connectivity index (χ3v) is 2.50. The fourth-order valence-electron chi connectivity index (χ4n) is 1.64. The Kier molecular flexibility index (Phi) is 6.27. The number of ether oxygens (including phenoxy) is 1. The summed E-state index contributed by atoms with van der Waals surface area (Å²) in [5.74, 6) is 0. The van der Waals surface area contributed by atoms with Crippen LogP contribution in [0.1, 0.15) is 5.56 Å². The van der Waals surface area contributed by atoms with E-state index < -0.39 is 6.10 Å². The lowest BCUT2D eigenvalue weighted by Gasteiger charge is -2.10. The highest BCUT2D eigenvalue weighted by Gasteiger charge is 2.11. The van der Waals surface area contributed by atoms with Gasteiger partial charge in [0.25, 0.3) is 5.69 Å². The van der Waals surface area contributed by atoms with Crippen molar-refractivity contribution >= 4 is 5.69 Å². The van der Waals surface area contributed by atoms with E-state index in [1.165, 1.54) is 13.2 Å². The van der Waals surface area contributed by atoms with Gasteiger partial charge in [0.05, 0.1) is 17.6 Å². The van der Waals surface area contributed by atoms with E-state index >= 15 is 0 Å². The molecule has 6 nitrogen and oxygen atoms in total. The van der Waals surface area contributed by atoms with Crippen molar-refractivity contribution in [3.05, 3.63) is 39.9 Å². The number of aliphatic hydroxyl groups is 1. The van der Waals surface area contributed by atoms with Crippen LogP contribution >= 0.6 is 0 Å². The second-order valence-corrected chi connectivity index (χ2v) is 3.95. The van der Waals surface area contributed by atoms with Crippen LogP contribution in [-0.4, -0.2) is 42.9 Å². The van der Waals surface area contributed by atoms with Gasteiger partial charge in [-0.2, -0.15) is 0 Å². The van der Waals surface area contributed by atoms with Crippen LogP contribution in [0.4, 0.5) is 5.69 Å². The number of hydrogen-bond donors (Lipinski definition) is 2. The quantitative estimate of drug-likeness (QED) is 0.406. The Morgan fingerprint density at radius 3 is 2.89 bits per heavy atom. The molecule has 0 radical (unpaired) electrons. The predicted molar refractivity (Wildman–Crippen MR) is 67.6 cm³/mol. The standard InChI is InChI=1S/C12H18N2O4/c1-18-9-11(15)8-13-7-6-10-4-2-3-5-12(10)14(16)17/h2-5,11,13,15H,6-9H2,1H3. The van der Waals surface area contributed by atoms with Crippen LogP contribution in [0.2, 0.25) is 0 Å². The number of benzene rings is 1. The summed E-state index contributed by atoms with van der Waals surface area (Å²) in [5.41, 5.74) is 0.827. The van der Waals surface area contributed by atoms with Gasteiger partial charge >= 0.3 is 0 Å². The minimum absolute atomic E-state index is 0.136. The summed E-state index contributed by atoms with van der Waals surface area (Å²) in [6.07, 6.45) is -0.00242. The second-order valence-electron chi connectivity index (χ2n) is 3.95. The largest absolute Gasteiger partial charge is 0.389 e. The Morgan fingerprint density at radius 1 is 1.50 bits per heavy atom. The zero-order valence-electron chi connectivity index (χ0n) is 10.3. The number of para-hydroxylation sites is 1. The van der Waals surface area contributed by atoms with E-state index in [1.807, 2.05) is 0 Å². The molecule has 6 heteroatoms. The molecule has 0 saturated carbocycles. The molecule has 1 atom stereocenters. The number of nitrogens with one attached hydrogen (secondary N) is 1. The van der Waals surface area contributed by atoms with Gasteiger partial charge in [-0.3, -0.25) is 10.1 Å². The highest BCUT2D eigenvalue weighted by atomic mass is 16.6. The molecule has 1 aromatic rings. The smallest absolute Gasteiger partial charge is 0.272 e. The minimum Gasteiger partial charge on any atom is -0.389 e. The summed E-state index contributed by atoms with van der Waals surface area (Å²) < 4.78 is 4.79. The third-order valence-electron chi connectivity index (χ3n) is 2.50. The molecule has 0 spiro atoms. The lowest BCUT2D eigenvalue weighted by Crippen LogP contribution is -2.31. The molecule has 0 fully saturated rings. The maximum Gasteiger partial charge on any atom is 0.272 e. The zero-order valence-corrected chi connectivity index (χ0v) is 10.3. The van der Waals surface area contributed by atoms with Crippen molar-refractivity contribution in [2.45, 2.75) is 12.5 Å². The fraction of sp³-hybridized carbons (Fsp3) is 0.500. The van der Waals surface area contributed by atoms with E-state index in [9.17, 15) is 15.2 Å². The normalized spacial score (nSPS) is 12.3. The molecule has 2 N–H and O–H groups in total. The molecule has 0 aliphatic heterocycles. The Bertz CT molecular complexity index is 384. The summed E-state index contributed by atoms with van der Waals surface area (Å²) in [6, 6.07) is 6.67. The minimum atomic E-state index is -0.555. The van der Waals surface area contributed by atoms with Gasteiger partial charge in [-0.1, -0.05) is 18.2 Å². The van der Waals surface area contributed by atoms with E-state index in [4.69, 9.17) is 4.74 Å². The first kappa shape index (κ1) is 14.6. The number of nitrogens with zero attached hydrogens (tertiary/aromatic N) is 1. The first-order valence-electron chi connectivity index (χ1n) is 5.75. The van der Waals surface area contributed by atoms with Gasteiger partial charge in [0.15, 0.2) is 0 Å². The average Bonchev–Trinajstić information content (AvgIpc) is 2.35. The highest BCUT2D eigenvalue weighted by molar-refractivity contribution is 5.39. The zero-order chi connectivity index (χ0) is 13.4. The highest BCUT2D eigenvalue weighted by Crippen LogP contribution is 2.17. The lowest BCUT2D eigenvalue weighted by molar-refractivity contribution is -0.385. The number of rotatable bonds is 8. The van der Waals surface area contributed by atoms with Gasteiger partial charge in [0, 0.05) is 25.3 Å². The van der Waals surface area contributed by atoms with Crippen LogP contribution in [0.5, 0.6) is 0 Å². The molecule has 0 amide bonds. The second kappa shape index (κ2) is 7.75. The van der Waals surface area contributed by atoms with Gasteiger partial charge in [0.2, 0.25) is 0 Å². The molecule has 0 aromatic heterocycles. The SMILES string of the molecule is COCC(O)CNCCc1ccccc1[N+](=O)[O-]. The van der Waals surface area contributed by atoms with Crippen molar-refractivity contribution in [3.63, 3.8) is 0 Å². The molecule has 1 rings (SSSR count). The Labute approximate surface area is 106 Å². The molecule has 1 unspecified atom stereocenters. The van der Waals surface area contributed by atoms with Crippen molar-refractivity contribution in [3.8, 4) is 0 Å². The topological polar surface area (TPSA) is 84.6 Å². The Balaban J connectivity index is 2.37. The van der Waals surface area contributed by atoms with Crippen molar-refractivity contribution in [2.75, 3.05) is 26.8 Å². The predicted octanol–water partition coefficient (Wildman–Crippen LogP) is 0.734. The van der Waals surface area contributed by atoms with E-state index in [-0.39, 0.29) is 17.2 Å². The van der Waals surface area contributed by atoms with Gasteiger partial charge < -0.3 is 15.2 Å². The number of nitro groups is 1. The van der Waals surface area contributed by atoms with E-state index in [1.54, 1.807) is 18.2 Å². The van der Waals surface area contributed by atoms with Crippen molar-refractivity contribution in [1.29, 1.82) is 0 Å². The van der Waals surface area contributed by atoms with Crippen molar-refractivity contribution < 1.29 is 14.8 Å². The summed E-state index contributed by atoms with van der Waals surface area (Å²) in [7, 11) is 1.52. The van der Waals surface area contributed by atoms with Crippen LogP contribution in [0.25, 0.3) is 0 Å². The summed E-state index contributed by atoms with van der Waals surface area (Å²) in [5, 5.41) is 23.2. The van der Waals surface area contributed by atoms with E-state index in [2.05, 4.69) is 5.32 Å². The molecule has 0 heterocycles. The average molecular weight is 254 g/mol. The third kappa shape index (κ3) is 4.79. The summed E-state index contributed by atoms with van der Waals surface area (Å²) in [4.78, 5) is 10.4. The first-order chi connectivity index (χ1) is 8.65. The molecular weight excluding hydrogens is 236 g/mol. The van der Waals surface area contributed by atoms with Gasteiger partial charge in [-0.25, -0.2) is 0 Å². The molecule has 18 heavy (non-hydrogen) atoms. The number of aliphatic hydroxyl groups excluding tert-OH is 1. The summed E-state index contributed by atoms with van der Waals surface area (Å²) in [6.45, 7) is 1.26. The van der Waals surface area contributed by atoms with E-state index in [0.717, 1.165) is 0 Å². The lowest BCUT2D eigenvalue weighted by atomic mass is 10.1. The maximum atomic E-state index is 10.8. The summed E-state index contributed by atoms with van der Waals surface area (Å²) >= 11 is 0. The molecule has 0 aliphatic carbocycles. The maximum absolute atomic E-state index is 10.8. The van der Waals surface area contributed by atoms with Crippen LogP contribution in [0.15, 0.2) is 24.3 Å². The molecule has 0 aliphatic rings. The van der Waals surface area contributed by atoms with Crippen LogP contribution < -0.4 is 5.32 Å². The van der Waals surface area contributed by atoms with Crippen LogP contribution in [0.3, 0.4) is 0 Å². The first-order valence-corrected chi connectivity index (χ1v) is 5.75. The molecule has 1 aromatic carbocycles.